The zero-order chi connectivity index (χ0) is 20.8. The Hall–Kier alpha value is -2.11. The van der Waals surface area contributed by atoms with Gasteiger partial charge in [0, 0.05) is 30.5 Å². The largest absolute Gasteiger partial charge is 0.355 e. The Balaban J connectivity index is 1.04. The van der Waals surface area contributed by atoms with Gasteiger partial charge >= 0.3 is 6.03 Å². The number of carbonyl (C=O) groups excluding carboxylic acids is 2. The fourth-order valence-electron chi connectivity index (χ4n) is 6.72. The molecule has 4 bridgehead atoms. The van der Waals surface area contributed by atoms with Gasteiger partial charge in [0.15, 0.2) is 0 Å². The van der Waals surface area contributed by atoms with Crippen LogP contribution in [0, 0.1) is 23.6 Å². The minimum absolute atomic E-state index is 0.00535. The highest BCUT2D eigenvalue weighted by molar-refractivity contribution is 5.78. The Bertz CT molecular complexity index is 783. The third-order valence-corrected chi connectivity index (χ3v) is 7.99. The molecular formula is C24H32FN3O2. The SMILES string of the molecule is O=C(CCNC(=O)NC12CC3CC(CC(C3)C1)C2)NCC1(c2ccc(F)cc2)CC1. The first-order valence-corrected chi connectivity index (χ1v) is 11.5. The molecule has 0 radical (unpaired) electrons. The lowest BCUT2D eigenvalue weighted by Gasteiger charge is -2.56. The van der Waals surface area contributed by atoms with E-state index < -0.39 is 0 Å². The van der Waals surface area contributed by atoms with E-state index >= 15 is 0 Å². The predicted octanol–water partition coefficient (Wildman–Crippen LogP) is 3.63. The molecule has 0 aromatic heterocycles. The minimum atomic E-state index is -0.239. The fourth-order valence-corrected chi connectivity index (χ4v) is 6.72. The highest BCUT2D eigenvalue weighted by Gasteiger charge is 2.51. The van der Waals surface area contributed by atoms with Crippen LogP contribution < -0.4 is 16.0 Å². The van der Waals surface area contributed by atoms with E-state index in [1.54, 1.807) is 0 Å². The smallest absolute Gasteiger partial charge is 0.315 e. The molecular weight excluding hydrogens is 381 g/mol. The summed E-state index contributed by atoms with van der Waals surface area (Å²) in [6.07, 6.45) is 9.70. The molecule has 30 heavy (non-hydrogen) atoms. The summed E-state index contributed by atoms with van der Waals surface area (Å²) in [6.45, 7) is 0.907. The second-order valence-electron chi connectivity index (χ2n) is 10.4. The van der Waals surface area contributed by atoms with Crippen molar-refractivity contribution >= 4 is 11.9 Å². The van der Waals surface area contributed by atoms with Crippen molar-refractivity contribution in [1.29, 1.82) is 0 Å². The monoisotopic (exact) mass is 413 g/mol. The zero-order valence-electron chi connectivity index (χ0n) is 17.5. The molecule has 0 spiro atoms. The van der Waals surface area contributed by atoms with Crippen LogP contribution in [0.25, 0.3) is 0 Å². The molecule has 1 aromatic rings. The average Bonchev–Trinajstić information content (AvgIpc) is 3.46. The highest BCUT2D eigenvalue weighted by Crippen LogP contribution is 2.55. The van der Waals surface area contributed by atoms with E-state index in [0.717, 1.165) is 55.4 Å². The topological polar surface area (TPSA) is 70.2 Å². The Morgan fingerprint density at radius 1 is 0.933 bits per heavy atom. The van der Waals surface area contributed by atoms with Gasteiger partial charge in [-0.15, -0.1) is 0 Å². The van der Waals surface area contributed by atoms with Gasteiger partial charge in [0.25, 0.3) is 0 Å². The van der Waals surface area contributed by atoms with E-state index in [2.05, 4.69) is 16.0 Å². The summed E-state index contributed by atoms with van der Waals surface area (Å²) in [4.78, 5) is 24.7. The molecule has 5 fully saturated rings. The van der Waals surface area contributed by atoms with Crippen LogP contribution in [0.4, 0.5) is 9.18 Å². The predicted molar refractivity (Wildman–Crippen MR) is 112 cm³/mol. The van der Waals surface area contributed by atoms with Crippen molar-refractivity contribution in [3.63, 3.8) is 0 Å². The van der Waals surface area contributed by atoms with Gasteiger partial charge in [-0.25, -0.2) is 9.18 Å². The number of hydrogen-bond acceptors (Lipinski definition) is 2. The summed E-state index contributed by atoms with van der Waals surface area (Å²) in [5, 5.41) is 9.16. The van der Waals surface area contributed by atoms with E-state index in [9.17, 15) is 14.0 Å². The third kappa shape index (κ3) is 4.06. The van der Waals surface area contributed by atoms with Gasteiger partial charge in [0.05, 0.1) is 0 Å². The van der Waals surface area contributed by atoms with E-state index in [1.165, 1.54) is 31.4 Å². The summed E-state index contributed by atoms with van der Waals surface area (Å²) < 4.78 is 13.1. The number of benzene rings is 1. The van der Waals surface area contributed by atoms with Gasteiger partial charge in [-0.2, -0.15) is 0 Å². The van der Waals surface area contributed by atoms with Gasteiger partial charge in [-0.05, 0) is 86.8 Å². The van der Waals surface area contributed by atoms with Crippen LogP contribution in [0.5, 0.6) is 0 Å². The number of nitrogens with one attached hydrogen (secondary N) is 3. The second kappa shape index (κ2) is 7.54. The number of urea groups is 1. The Morgan fingerprint density at radius 2 is 1.53 bits per heavy atom. The van der Waals surface area contributed by atoms with Crippen molar-refractivity contribution in [2.75, 3.05) is 13.1 Å². The first-order chi connectivity index (χ1) is 14.4. The number of halogens is 1. The molecule has 5 aliphatic carbocycles. The molecule has 0 saturated heterocycles. The van der Waals surface area contributed by atoms with Crippen LogP contribution in [0.3, 0.4) is 0 Å². The van der Waals surface area contributed by atoms with Crippen molar-refractivity contribution in [3.8, 4) is 0 Å². The summed E-state index contributed by atoms with van der Waals surface area (Å²) >= 11 is 0. The molecule has 0 aliphatic heterocycles. The first kappa shape index (κ1) is 19.8. The molecule has 1 aromatic carbocycles. The van der Waals surface area contributed by atoms with Gasteiger partial charge in [-0.1, -0.05) is 12.1 Å². The van der Waals surface area contributed by atoms with Crippen molar-refractivity contribution in [2.45, 2.75) is 68.7 Å². The molecule has 0 heterocycles. The van der Waals surface area contributed by atoms with Crippen molar-refractivity contribution < 1.29 is 14.0 Å². The Kier molecular flexibility index (Phi) is 4.98. The molecule has 162 valence electrons. The van der Waals surface area contributed by atoms with E-state index in [0.29, 0.717) is 13.1 Å². The zero-order valence-corrected chi connectivity index (χ0v) is 17.5. The Labute approximate surface area is 177 Å². The Morgan fingerprint density at radius 3 is 2.10 bits per heavy atom. The van der Waals surface area contributed by atoms with Crippen LogP contribution in [0.15, 0.2) is 24.3 Å². The van der Waals surface area contributed by atoms with Gasteiger partial charge in [0.1, 0.15) is 5.82 Å². The lowest BCUT2D eigenvalue weighted by molar-refractivity contribution is -0.121. The number of rotatable bonds is 7. The molecule has 6 rings (SSSR count). The molecule has 3 N–H and O–H groups in total. The molecule has 0 unspecified atom stereocenters. The van der Waals surface area contributed by atoms with Crippen molar-refractivity contribution in [1.82, 2.24) is 16.0 Å². The summed E-state index contributed by atoms with van der Waals surface area (Å²) in [5.74, 6) is 2.07. The lowest BCUT2D eigenvalue weighted by Crippen LogP contribution is -2.61. The van der Waals surface area contributed by atoms with Crippen LogP contribution in [-0.2, 0) is 10.2 Å². The van der Waals surface area contributed by atoms with Crippen LogP contribution in [0.2, 0.25) is 0 Å². The van der Waals surface area contributed by atoms with Gasteiger partial charge < -0.3 is 16.0 Å². The standard InChI is InChI=1S/C24H32FN3O2/c25-20-3-1-19(2-4-20)23(6-7-23)15-27-21(29)5-8-26-22(30)28-24-12-16-9-17(13-24)11-18(10-16)14-24/h1-4,16-18H,5-15H2,(H,27,29)(H2,26,28,30). The number of carbonyl (C=O) groups is 2. The molecule has 3 amide bonds. The van der Waals surface area contributed by atoms with Crippen LogP contribution in [0.1, 0.15) is 63.4 Å². The van der Waals surface area contributed by atoms with Crippen LogP contribution >= 0.6 is 0 Å². The van der Waals surface area contributed by atoms with Crippen molar-refractivity contribution in [2.24, 2.45) is 17.8 Å². The lowest BCUT2D eigenvalue weighted by atomic mass is 9.53. The van der Waals surface area contributed by atoms with Gasteiger partial charge in [0.2, 0.25) is 5.91 Å². The summed E-state index contributed by atoms with van der Waals surface area (Å²) in [5.41, 5.74) is 1.03. The van der Waals surface area contributed by atoms with Crippen molar-refractivity contribution in [3.05, 3.63) is 35.6 Å². The quantitative estimate of drug-likeness (QED) is 0.639. The van der Waals surface area contributed by atoms with E-state index in [1.807, 2.05) is 12.1 Å². The number of amides is 3. The summed E-state index contributed by atoms with van der Waals surface area (Å²) in [6, 6.07) is 6.44. The second-order valence-corrected chi connectivity index (χ2v) is 10.4. The average molecular weight is 414 g/mol. The molecule has 5 saturated carbocycles. The maximum absolute atomic E-state index is 13.1. The van der Waals surface area contributed by atoms with Gasteiger partial charge in [-0.3, -0.25) is 4.79 Å². The number of hydrogen-bond donors (Lipinski definition) is 3. The first-order valence-electron chi connectivity index (χ1n) is 11.5. The molecule has 5 nitrogen and oxygen atoms in total. The summed E-state index contributed by atoms with van der Waals surface area (Å²) in [7, 11) is 0. The van der Waals surface area contributed by atoms with E-state index in [-0.39, 0.29) is 35.1 Å². The molecule has 0 atom stereocenters. The highest BCUT2D eigenvalue weighted by atomic mass is 19.1. The molecule has 6 heteroatoms. The fraction of sp³-hybridized carbons (Fsp3) is 0.667. The maximum atomic E-state index is 13.1. The minimum Gasteiger partial charge on any atom is -0.355 e. The molecule has 5 aliphatic rings. The normalized spacial score (nSPS) is 32.5. The van der Waals surface area contributed by atoms with E-state index in [4.69, 9.17) is 0 Å². The third-order valence-electron chi connectivity index (χ3n) is 7.99. The maximum Gasteiger partial charge on any atom is 0.315 e. The van der Waals surface area contributed by atoms with Crippen LogP contribution in [-0.4, -0.2) is 30.6 Å².